The third kappa shape index (κ3) is 4.12. The molecule has 1 aromatic carbocycles. The molecular weight excluding hydrogens is 347 g/mol. The van der Waals surface area contributed by atoms with E-state index in [-0.39, 0.29) is 28.9 Å². The van der Waals surface area contributed by atoms with Gasteiger partial charge >= 0.3 is 0 Å². The summed E-state index contributed by atoms with van der Waals surface area (Å²) in [7, 11) is 0. The lowest BCUT2D eigenvalue weighted by atomic mass is 9.94. The molecule has 0 radical (unpaired) electrons. The first-order chi connectivity index (χ1) is 12.0. The third-order valence-electron chi connectivity index (χ3n) is 4.98. The fourth-order valence-corrected chi connectivity index (χ4v) is 3.65. The normalized spacial score (nSPS) is 22.1. The Morgan fingerprint density at radius 1 is 1.20 bits per heavy atom. The molecule has 0 aromatic heterocycles. The van der Waals surface area contributed by atoms with Crippen LogP contribution in [0.5, 0.6) is 0 Å². The summed E-state index contributed by atoms with van der Waals surface area (Å²) in [4.78, 5) is 27.8. The first-order valence-corrected chi connectivity index (χ1v) is 8.94. The molecule has 0 unspecified atom stereocenters. The van der Waals surface area contributed by atoms with E-state index in [2.05, 4.69) is 0 Å². The van der Waals surface area contributed by atoms with Gasteiger partial charge in [-0.2, -0.15) is 0 Å². The van der Waals surface area contributed by atoms with Crippen LogP contribution >= 0.6 is 11.6 Å². The maximum Gasteiger partial charge on any atom is 0.225 e. The number of ether oxygens (including phenoxy) is 1. The summed E-state index contributed by atoms with van der Waals surface area (Å²) in [5.41, 5.74) is 0.773. The Hall–Kier alpha value is -1.66. The van der Waals surface area contributed by atoms with E-state index < -0.39 is 5.82 Å². The lowest BCUT2D eigenvalue weighted by molar-refractivity contribution is -0.146. The summed E-state index contributed by atoms with van der Waals surface area (Å²) in [5, 5.41) is 0.0566. The number of carbonyl (C=O) groups excluding carboxylic acids is 2. The van der Waals surface area contributed by atoms with Crippen LogP contribution in [0, 0.1) is 11.7 Å². The molecule has 2 amide bonds. The van der Waals surface area contributed by atoms with Crippen LogP contribution in [0.2, 0.25) is 5.02 Å². The first kappa shape index (κ1) is 18.1. The molecule has 2 aliphatic rings. The minimum Gasteiger partial charge on any atom is -0.370 e. The maximum absolute atomic E-state index is 13.3. The first-order valence-electron chi connectivity index (χ1n) is 8.56. The van der Waals surface area contributed by atoms with Crippen LogP contribution in [0.4, 0.5) is 4.39 Å². The zero-order chi connectivity index (χ0) is 18.0. The number of likely N-dealkylation sites (tertiary alicyclic amines) is 1. The highest BCUT2D eigenvalue weighted by atomic mass is 35.5. The van der Waals surface area contributed by atoms with Gasteiger partial charge in [0.2, 0.25) is 11.8 Å². The summed E-state index contributed by atoms with van der Waals surface area (Å²) in [6, 6.07) is 4.52. The standard InChI is InChI=1S/C18H22ClFN2O3/c1-12(23)21-6-4-13(5-7-21)18(24)22-8-9-25-17(11-22)14-2-3-16(20)15(19)10-14/h2-3,10,13,17H,4-9,11H2,1H3/t17-/m1/s1. The molecule has 0 bridgehead atoms. The minimum absolute atomic E-state index is 0.0499. The molecule has 0 saturated carbocycles. The summed E-state index contributed by atoms with van der Waals surface area (Å²) < 4.78 is 19.1. The number of halogens is 2. The van der Waals surface area contributed by atoms with Gasteiger partial charge in [0.05, 0.1) is 18.2 Å². The molecule has 3 rings (SSSR count). The van der Waals surface area contributed by atoms with Crippen molar-refractivity contribution < 1.29 is 18.7 Å². The van der Waals surface area contributed by atoms with Crippen molar-refractivity contribution >= 4 is 23.4 Å². The second-order valence-corrected chi connectivity index (χ2v) is 7.00. The quantitative estimate of drug-likeness (QED) is 0.806. The van der Waals surface area contributed by atoms with Crippen molar-refractivity contribution in [3.8, 4) is 0 Å². The average molecular weight is 369 g/mol. The van der Waals surface area contributed by atoms with E-state index in [9.17, 15) is 14.0 Å². The Bertz CT molecular complexity index is 662. The Kier molecular flexibility index (Phi) is 5.59. The van der Waals surface area contributed by atoms with Gasteiger partial charge in [-0.05, 0) is 30.5 Å². The lowest BCUT2D eigenvalue weighted by Gasteiger charge is -2.37. The van der Waals surface area contributed by atoms with Crippen molar-refractivity contribution in [1.82, 2.24) is 9.80 Å². The molecule has 25 heavy (non-hydrogen) atoms. The van der Waals surface area contributed by atoms with Crippen LogP contribution in [0.1, 0.15) is 31.4 Å². The lowest BCUT2D eigenvalue weighted by Crippen LogP contribution is -2.48. The summed E-state index contributed by atoms with van der Waals surface area (Å²) in [6.07, 6.45) is 1.10. The summed E-state index contributed by atoms with van der Waals surface area (Å²) in [5.74, 6) is -0.340. The van der Waals surface area contributed by atoms with Gasteiger partial charge in [0.25, 0.3) is 0 Å². The van der Waals surface area contributed by atoms with Gasteiger partial charge in [-0.15, -0.1) is 0 Å². The molecule has 1 aromatic rings. The van der Waals surface area contributed by atoms with E-state index in [4.69, 9.17) is 16.3 Å². The number of amides is 2. The number of nitrogens with zero attached hydrogens (tertiary/aromatic N) is 2. The largest absolute Gasteiger partial charge is 0.370 e. The maximum atomic E-state index is 13.3. The predicted octanol–water partition coefficient (Wildman–Crippen LogP) is 2.64. The third-order valence-corrected chi connectivity index (χ3v) is 5.27. The summed E-state index contributed by atoms with van der Waals surface area (Å²) >= 11 is 5.85. The van der Waals surface area contributed by atoms with Gasteiger partial charge in [-0.25, -0.2) is 4.39 Å². The fraction of sp³-hybridized carbons (Fsp3) is 0.556. The van der Waals surface area contributed by atoms with E-state index >= 15 is 0 Å². The topological polar surface area (TPSA) is 49.9 Å². The van der Waals surface area contributed by atoms with Gasteiger partial charge in [0.15, 0.2) is 0 Å². The molecule has 0 spiro atoms. The molecule has 2 aliphatic heterocycles. The van der Waals surface area contributed by atoms with E-state index in [1.165, 1.54) is 6.07 Å². The van der Waals surface area contributed by atoms with Crippen molar-refractivity contribution in [2.45, 2.75) is 25.9 Å². The zero-order valence-electron chi connectivity index (χ0n) is 14.2. The number of carbonyl (C=O) groups is 2. The van der Waals surface area contributed by atoms with Crippen molar-refractivity contribution in [2.75, 3.05) is 32.8 Å². The molecule has 2 saturated heterocycles. The molecule has 0 aliphatic carbocycles. The molecular formula is C18H22ClFN2O3. The second kappa shape index (κ2) is 7.70. The Labute approximate surface area is 151 Å². The monoisotopic (exact) mass is 368 g/mol. The van der Waals surface area contributed by atoms with Crippen LogP contribution in [-0.4, -0.2) is 54.4 Å². The van der Waals surface area contributed by atoms with Crippen molar-refractivity contribution in [1.29, 1.82) is 0 Å². The highest BCUT2D eigenvalue weighted by Gasteiger charge is 2.32. The van der Waals surface area contributed by atoms with Crippen LogP contribution in [0.25, 0.3) is 0 Å². The predicted molar refractivity (Wildman–Crippen MR) is 91.7 cm³/mol. The minimum atomic E-state index is -0.466. The molecule has 1 atom stereocenters. The average Bonchev–Trinajstić information content (AvgIpc) is 2.63. The number of rotatable bonds is 2. The number of hydrogen-bond donors (Lipinski definition) is 0. The molecule has 2 heterocycles. The molecule has 7 heteroatoms. The Balaban J connectivity index is 1.62. The Morgan fingerprint density at radius 2 is 1.92 bits per heavy atom. The van der Waals surface area contributed by atoms with Crippen LogP contribution < -0.4 is 0 Å². The van der Waals surface area contributed by atoms with Crippen LogP contribution in [0.15, 0.2) is 18.2 Å². The van der Waals surface area contributed by atoms with Gasteiger partial charge in [0.1, 0.15) is 11.9 Å². The van der Waals surface area contributed by atoms with Crippen molar-refractivity contribution in [2.24, 2.45) is 5.92 Å². The Morgan fingerprint density at radius 3 is 2.56 bits per heavy atom. The van der Waals surface area contributed by atoms with Crippen molar-refractivity contribution in [3.05, 3.63) is 34.6 Å². The smallest absolute Gasteiger partial charge is 0.225 e. The highest BCUT2D eigenvalue weighted by molar-refractivity contribution is 6.30. The van der Waals surface area contributed by atoms with E-state index in [0.29, 0.717) is 45.6 Å². The molecule has 5 nitrogen and oxygen atoms in total. The number of hydrogen-bond acceptors (Lipinski definition) is 3. The summed E-state index contributed by atoms with van der Waals surface area (Å²) in [6.45, 7) is 4.26. The molecule has 136 valence electrons. The van der Waals surface area contributed by atoms with Crippen LogP contribution in [-0.2, 0) is 14.3 Å². The van der Waals surface area contributed by atoms with Crippen LogP contribution in [0.3, 0.4) is 0 Å². The number of morpholine rings is 1. The fourth-order valence-electron chi connectivity index (χ4n) is 3.46. The van der Waals surface area contributed by atoms with Gasteiger partial charge in [0, 0.05) is 32.5 Å². The van der Waals surface area contributed by atoms with Gasteiger partial charge in [-0.3, -0.25) is 9.59 Å². The van der Waals surface area contributed by atoms with E-state index in [1.807, 2.05) is 4.90 Å². The number of benzene rings is 1. The van der Waals surface area contributed by atoms with E-state index in [1.54, 1.807) is 24.0 Å². The number of piperidine rings is 1. The molecule has 0 N–H and O–H groups in total. The SMILES string of the molecule is CC(=O)N1CCC(C(=O)N2CCO[C@@H](c3ccc(F)c(Cl)c3)C2)CC1. The molecule has 2 fully saturated rings. The zero-order valence-corrected chi connectivity index (χ0v) is 15.0. The van der Waals surface area contributed by atoms with E-state index in [0.717, 1.165) is 5.56 Å². The van der Waals surface area contributed by atoms with Crippen molar-refractivity contribution in [3.63, 3.8) is 0 Å². The second-order valence-electron chi connectivity index (χ2n) is 6.60. The van der Waals surface area contributed by atoms with Gasteiger partial charge in [-0.1, -0.05) is 17.7 Å². The highest BCUT2D eigenvalue weighted by Crippen LogP contribution is 2.28. The van der Waals surface area contributed by atoms with Gasteiger partial charge < -0.3 is 14.5 Å².